The molecule has 0 aliphatic rings. The lowest BCUT2D eigenvalue weighted by atomic mass is 9.89. The van der Waals surface area contributed by atoms with Gasteiger partial charge in [-0.15, -0.1) is 0 Å². The minimum atomic E-state index is -1.13. The van der Waals surface area contributed by atoms with Crippen LogP contribution >= 0.6 is 0 Å². The number of carboxylic acid groups (broad SMARTS) is 1. The van der Waals surface area contributed by atoms with E-state index in [9.17, 15) is 14.4 Å². The van der Waals surface area contributed by atoms with Crippen LogP contribution in [0, 0.1) is 11.3 Å². The van der Waals surface area contributed by atoms with Gasteiger partial charge in [0.2, 0.25) is 11.8 Å². The van der Waals surface area contributed by atoms with Gasteiger partial charge in [0.1, 0.15) is 0 Å². The molecular formula is C13H24N2O4. The number of nitrogens with zero attached hydrogens (tertiary/aromatic N) is 1. The Morgan fingerprint density at radius 1 is 1.26 bits per heavy atom. The number of carboxylic acids is 1. The fraction of sp³-hybridized carbons (Fsp3) is 0.769. The summed E-state index contributed by atoms with van der Waals surface area (Å²) in [5.74, 6) is -1.28. The maximum Gasteiger partial charge on any atom is 0.309 e. The van der Waals surface area contributed by atoms with Crippen molar-refractivity contribution >= 4 is 17.8 Å². The fourth-order valence-electron chi connectivity index (χ4n) is 1.27. The third-order valence-electron chi connectivity index (χ3n) is 2.69. The first-order valence-electron chi connectivity index (χ1n) is 6.30. The number of nitrogens with one attached hydrogen (secondary N) is 1. The van der Waals surface area contributed by atoms with E-state index in [-0.39, 0.29) is 24.8 Å². The van der Waals surface area contributed by atoms with Crippen LogP contribution in [0.5, 0.6) is 0 Å². The molecule has 0 aromatic heterocycles. The third-order valence-corrected chi connectivity index (χ3v) is 2.69. The summed E-state index contributed by atoms with van der Waals surface area (Å²) in [6.45, 7) is 7.43. The lowest BCUT2D eigenvalue weighted by Crippen LogP contribution is -2.41. The Hall–Kier alpha value is -1.59. The largest absolute Gasteiger partial charge is 0.481 e. The zero-order valence-electron chi connectivity index (χ0n) is 12.3. The van der Waals surface area contributed by atoms with Gasteiger partial charge < -0.3 is 15.3 Å². The van der Waals surface area contributed by atoms with Crippen LogP contribution in [0.15, 0.2) is 0 Å². The highest BCUT2D eigenvalue weighted by molar-refractivity contribution is 5.87. The Bertz CT molecular complexity index is 351. The van der Waals surface area contributed by atoms with Crippen LogP contribution in [0.1, 0.15) is 34.1 Å². The van der Waals surface area contributed by atoms with Gasteiger partial charge in [0, 0.05) is 20.0 Å². The number of aliphatic carboxylic acids is 1. The van der Waals surface area contributed by atoms with Crippen molar-refractivity contribution in [1.82, 2.24) is 10.2 Å². The highest BCUT2D eigenvalue weighted by Crippen LogP contribution is 2.21. The molecule has 110 valence electrons. The van der Waals surface area contributed by atoms with Crippen molar-refractivity contribution in [2.24, 2.45) is 11.3 Å². The van der Waals surface area contributed by atoms with Gasteiger partial charge in [0.25, 0.3) is 0 Å². The number of carbonyl (C=O) groups excluding carboxylic acids is 2. The Morgan fingerprint density at radius 3 is 2.21 bits per heavy atom. The van der Waals surface area contributed by atoms with Crippen molar-refractivity contribution < 1.29 is 19.5 Å². The summed E-state index contributed by atoms with van der Waals surface area (Å²) in [5.41, 5.74) is -1.13. The third kappa shape index (κ3) is 6.79. The quantitative estimate of drug-likeness (QED) is 0.715. The minimum absolute atomic E-state index is 0.0543. The molecule has 0 saturated heterocycles. The van der Waals surface area contributed by atoms with E-state index in [1.54, 1.807) is 0 Å². The van der Waals surface area contributed by atoms with Gasteiger partial charge in [-0.25, -0.2) is 0 Å². The van der Waals surface area contributed by atoms with E-state index < -0.39 is 11.4 Å². The van der Waals surface area contributed by atoms with Crippen molar-refractivity contribution in [3.8, 4) is 0 Å². The molecule has 2 N–H and O–H groups in total. The van der Waals surface area contributed by atoms with E-state index in [0.29, 0.717) is 12.5 Å². The molecule has 0 unspecified atom stereocenters. The van der Waals surface area contributed by atoms with E-state index >= 15 is 0 Å². The summed E-state index contributed by atoms with van der Waals surface area (Å²) < 4.78 is 0. The van der Waals surface area contributed by atoms with E-state index in [4.69, 9.17) is 5.11 Å². The van der Waals surface area contributed by atoms with E-state index in [2.05, 4.69) is 5.32 Å². The second-order valence-electron chi connectivity index (χ2n) is 5.81. The van der Waals surface area contributed by atoms with Crippen molar-refractivity contribution in [3.63, 3.8) is 0 Å². The molecule has 0 spiro atoms. The molecule has 0 saturated carbocycles. The average molecular weight is 272 g/mol. The maximum atomic E-state index is 11.8. The zero-order valence-corrected chi connectivity index (χ0v) is 12.3. The van der Waals surface area contributed by atoms with Crippen molar-refractivity contribution in [2.45, 2.75) is 34.1 Å². The molecule has 0 radical (unpaired) electrons. The normalized spacial score (nSPS) is 11.3. The fourth-order valence-corrected chi connectivity index (χ4v) is 1.27. The Balaban J connectivity index is 4.28. The summed E-state index contributed by atoms with van der Waals surface area (Å²) in [6, 6.07) is 0. The second-order valence-corrected chi connectivity index (χ2v) is 5.81. The molecule has 0 fully saturated rings. The molecule has 0 aliphatic carbocycles. The van der Waals surface area contributed by atoms with Crippen LogP contribution in [0.3, 0.4) is 0 Å². The molecule has 6 heteroatoms. The Morgan fingerprint density at radius 2 is 1.79 bits per heavy atom. The molecule has 0 aromatic rings. The summed E-state index contributed by atoms with van der Waals surface area (Å²) in [6.07, 6.45) is -0.129. The molecule has 19 heavy (non-hydrogen) atoms. The lowest BCUT2D eigenvalue weighted by molar-refractivity contribution is -0.151. The molecule has 0 aliphatic heterocycles. The molecule has 0 atom stereocenters. The number of hydrogen-bond donors (Lipinski definition) is 2. The zero-order chi connectivity index (χ0) is 15.2. The van der Waals surface area contributed by atoms with E-state index in [1.807, 2.05) is 13.8 Å². The van der Waals surface area contributed by atoms with Crippen LogP contribution in [0.2, 0.25) is 0 Å². The second kappa shape index (κ2) is 7.11. The molecular weight excluding hydrogens is 248 g/mol. The first-order chi connectivity index (χ1) is 8.56. The smallest absolute Gasteiger partial charge is 0.309 e. The van der Waals surface area contributed by atoms with Gasteiger partial charge in [-0.2, -0.15) is 0 Å². The average Bonchev–Trinajstić information content (AvgIpc) is 2.25. The highest BCUT2D eigenvalue weighted by atomic mass is 16.4. The summed E-state index contributed by atoms with van der Waals surface area (Å²) in [7, 11) is 1.50. The predicted octanol–water partition coefficient (Wildman–Crippen LogP) is 0.718. The molecule has 2 amide bonds. The standard InChI is InChI=1S/C13H24N2O4/c1-9(2)7-14-10(16)8-15(5)11(17)6-13(3,4)12(18)19/h9H,6-8H2,1-5H3,(H,14,16)(H,18,19). The highest BCUT2D eigenvalue weighted by Gasteiger charge is 2.31. The van der Waals surface area contributed by atoms with Crippen LogP contribution in [0.25, 0.3) is 0 Å². The van der Waals surface area contributed by atoms with Crippen LogP contribution in [-0.4, -0.2) is 47.9 Å². The summed E-state index contributed by atoms with van der Waals surface area (Å²) in [4.78, 5) is 35.5. The number of hydrogen-bond acceptors (Lipinski definition) is 3. The summed E-state index contributed by atoms with van der Waals surface area (Å²) >= 11 is 0. The van der Waals surface area contributed by atoms with Gasteiger partial charge in [-0.1, -0.05) is 13.8 Å². The van der Waals surface area contributed by atoms with E-state index in [1.165, 1.54) is 25.8 Å². The van der Waals surface area contributed by atoms with Gasteiger partial charge in [0.15, 0.2) is 0 Å². The monoisotopic (exact) mass is 272 g/mol. The van der Waals surface area contributed by atoms with Gasteiger partial charge in [-0.05, 0) is 19.8 Å². The van der Waals surface area contributed by atoms with Gasteiger partial charge in [0.05, 0.1) is 12.0 Å². The minimum Gasteiger partial charge on any atom is -0.481 e. The topological polar surface area (TPSA) is 86.7 Å². The SMILES string of the molecule is CC(C)CNC(=O)CN(C)C(=O)CC(C)(C)C(=O)O. The van der Waals surface area contributed by atoms with Gasteiger partial charge in [-0.3, -0.25) is 14.4 Å². The molecule has 6 nitrogen and oxygen atoms in total. The van der Waals surface area contributed by atoms with Crippen molar-refractivity contribution in [2.75, 3.05) is 20.1 Å². The number of likely N-dealkylation sites (N-methyl/N-ethyl adjacent to an activating group) is 1. The predicted molar refractivity (Wildman–Crippen MR) is 71.5 cm³/mol. The van der Waals surface area contributed by atoms with E-state index in [0.717, 1.165) is 0 Å². The number of carbonyl (C=O) groups is 3. The van der Waals surface area contributed by atoms with Crippen LogP contribution < -0.4 is 5.32 Å². The summed E-state index contributed by atoms with van der Waals surface area (Å²) in [5, 5.41) is 11.7. The van der Waals surface area contributed by atoms with Gasteiger partial charge >= 0.3 is 5.97 Å². The molecule has 0 rings (SSSR count). The first kappa shape index (κ1) is 17.4. The van der Waals surface area contributed by atoms with Crippen LogP contribution in [0.4, 0.5) is 0 Å². The molecule has 0 heterocycles. The number of rotatable bonds is 7. The first-order valence-corrected chi connectivity index (χ1v) is 6.30. The van der Waals surface area contributed by atoms with Crippen molar-refractivity contribution in [3.05, 3.63) is 0 Å². The number of amides is 2. The Labute approximate surface area is 114 Å². The Kier molecular flexibility index (Phi) is 6.52. The molecule has 0 bridgehead atoms. The van der Waals surface area contributed by atoms with Crippen molar-refractivity contribution in [1.29, 1.82) is 0 Å². The lowest BCUT2D eigenvalue weighted by Gasteiger charge is -2.23. The maximum absolute atomic E-state index is 11.8. The molecule has 0 aromatic carbocycles. The van der Waals surface area contributed by atoms with Crippen LogP contribution in [-0.2, 0) is 14.4 Å².